The standard InChI is InChI=1S/C15H19NO/c1-10-4-6-13(7-5-10)11(2)12(3)15(17)16-14-8-9-14/h4-7,14H,8-9H2,1-3H3,(H,16,17)/b12-11+. The highest BCUT2D eigenvalue weighted by atomic mass is 16.1. The molecule has 90 valence electrons. The van der Waals surface area contributed by atoms with E-state index in [4.69, 9.17) is 0 Å². The molecule has 1 amide bonds. The average molecular weight is 229 g/mol. The summed E-state index contributed by atoms with van der Waals surface area (Å²) in [6.07, 6.45) is 2.26. The van der Waals surface area contributed by atoms with Crippen molar-refractivity contribution in [2.24, 2.45) is 0 Å². The number of amides is 1. The predicted octanol–water partition coefficient (Wildman–Crippen LogP) is 3.07. The molecule has 0 radical (unpaired) electrons. The molecule has 0 unspecified atom stereocenters. The minimum absolute atomic E-state index is 0.0746. The second-order valence-corrected chi connectivity index (χ2v) is 4.86. The smallest absolute Gasteiger partial charge is 0.247 e. The molecule has 1 fully saturated rings. The van der Waals surface area contributed by atoms with Gasteiger partial charge in [-0.3, -0.25) is 4.79 Å². The molecule has 0 spiro atoms. The Balaban J connectivity index is 2.17. The molecule has 2 heteroatoms. The molecule has 1 aliphatic rings. The number of hydrogen-bond donors (Lipinski definition) is 1. The van der Waals surface area contributed by atoms with Crippen molar-refractivity contribution in [1.29, 1.82) is 0 Å². The molecular formula is C15H19NO. The van der Waals surface area contributed by atoms with Gasteiger partial charge in [-0.2, -0.15) is 0 Å². The van der Waals surface area contributed by atoms with Crippen LogP contribution in [-0.4, -0.2) is 11.9 Å². The second-order valence-electron chi connectivity index (χ2n) is 4.86. The summed E-state index contributed by atoms with van der Waals surface area (Å²) in [5, 5.41) is 3.02. The second kappa shape index (κ2) is 4.74. The summed E-state index contributed by atoms with van der Waals surface area (Å²) >= 11 is 0. The first-order chi connectivity index (χ1) is 8.08. The number of allylic oxidation sites excluding steroid dienone is 1. The van der Waals surface area contributed by atoms with Crippen molar-refractivity contribution in [3.63, 3.8) is 0 Å². The molecule has 0 aromatic heterocycles. The number of carbonyl (C=O) groups excluding carboxylic acids is 1. The molecule has 17 heavy (non-hydrogen) atoms. The molecule has 1 aromatic rings. The third-order valence-corrected chi connectivity index (χ3v) is 3.30. The Morgan fingerprint density at radius 3 is 2.29 bits per heavy atom. The molecule has 1 saturated carbocycles. The Morgan fingerprint density at radius 1 is 1.18 bits per heavy atom. The molecular weight excluding hydrogens is 210 g/mol. The molecule has 1 aliphatic carbocycles. The van der Waals surface area contributed by atoms with Crippen LogP contribution < -0.4 is 5.32 Å². The van der Waals surface area contributed by atoms with Gasteiger partial charge in [-0.25, -0.2) is 0 Å². The maximum absolute atomic E-state index is 11.9. The molecule has 0 bridgehead atoms. The van der Waals surface area contributed by atoms with Crippen LogP contribution in [0.1, 0.15) is 37.8 Å². The molecule has 0 aliphatic heterocycles. The van der Waals surface area contributed by atoms with E-state index in [0.717, 1.165) is 29.6 Å². The zero-order valence-corrected chi connectivity index (χ0v) is 10.7. The predicted molar refractivity (Wildman–Crippen MR) is 70.6 cm³/mol. The summed E-state index contributed by atoms with van der Waals surface area (Å²) in [6.45, 7) is 5.97. The number of aryl methyl sites for hydroxylation is 1. The van der Waals surface area contributed by atoms with Crippen LogP contribution in [-0.2, 0) is 4.79 Å². The highest BCUT2D eigenvalue weighted by Gasteiger charge is 2.24. The molecule has 1 N–H and O–H groups in total. The Morgan fingerprint density at radius 2 is 1.76 bits per heavy atom. The normalized spacial score (nSPS) is 16.4. The van der Waals surface area contributed by atoms with E-state index < -0.39 is 0 Å². The zero-order chi connectivity index (χ0) is 12.4. The van der Waals surface area contributed by atoms with Crippen molar-refractivity contribution >= 4 is 11.5 Å². The van der Waals surface area contributed by atoms with Crippen molar-refractivity contribution in [1.82, 2.24) is 5.32 Å². The van der Waals surface area contributed by atoms with Gasteiger partial charge in [0.2, 0.25) is 5.91 Å². The molecule has 0 heterocycles. The van der Waals surface area contributed by atoms with Crippen LogP contribution >= 0.6 is 0 Å². The maximum atomic E-state index is 11.9. The van der Waals surface area contributed by atoms with Crippen LogP contribution in [0, 0.1) is 6.92 Å². The fraction of sp³-hybridized carbons (Fsp3) is 0.400. The highest BCUT2D eigenvalue weighted by Crippen LogP contribution is 2.22. The van der Waals surface area contributed by atoms with Gasteiger partial charge in [0.25, 0.3) is 0 Å². The molecule has 0 saturated heterocycles. The first kappa shape index (κ1) is 11.9. The van der Waals surface area contributed by atoms with Crippen LogP contribution in [0.4, 0.5) is 0 Å². The number of carbonyl (C=O) groups is 1. The highest BCUT2D eigenvalue weighted by molar-refractivity contribution is 6.00. The van der Waals surface area contributed by atoms with Crippen molar-refractivity contribution in [2.75, 3.05) is 0 Å². The van der Waals surface area contributed by atoms with E-state index in [1.807, 2.05) is 13.8 Å². The number of rotatable bonds is 3. The summed E-state index contributed by atoms with van der Waals surface area (Å²) in [7, 11) is 0. The Bertz CT molecular complexity index is 452. The summed E-state index contributed by atoms with van der Waals surface area (Å²) in [5.41, 5.74) is 4.24. The van der Waals surface area contributed by atoms with Gasteiger partial charge in [-0.15, -0.1) is 0 Å². The third kappa shape index (κ3) is 2.96. The first-order valence-corrected chi connectivity index (χ1v) is 6.13. The van der Waals surface area contributed by atoms with Gasteiger partial charge in [-0.05, 0) is 44.7 Å². The van der Waals surface area contributed by atoms with Gasteiger partial charge in [0.05, 0.1) is 0 Å². The van der Waals surface area contributed by atoms with Gasteiger partial charge < -0.3 is 5.32 Å². The van der Waals surface area contributed by atoms with Crippen LogP contribution in [0.25, 0.3) is 5.57 Å². The van der Waals surface area contributed by atoms with E-state index in [0.29, 0.717) is 6.04 Å². The SMILES string of the molecule is C/C(C(=O)NC1CC1)=C(/C)c1ccc(C)cc1. The van der Waals surface area contributed by atoms with E-state index in [1.165, 1.54) is 5.56 Å². The number of hydrogen-bond acceptors (Lipinski definition) is 1. The molecule has 2 rings (SSSR count). The molecule has 1 aromatic carbocycles. The van der Waals surface area contributed by atoms with Gasteiger partial charge in [0, 0.05) is 11.6 Å². The minimum Gasteiger partial charge on any atom is -0.350 e. The fourth-order valence-electron chi connectivity index (χ4n) is 1.71. The van der Waals surface area contributed by atoms with Crippen molar-refractivity contribution < 1.29 is 4.79 Å². The molecule has 0 atom stereocenters. The Labute approximate surface area is 103 Å². The quantitative estimate of drug-likeness (QED) is 0.793. The topological polar surface area (TPSA) is 29.1 Å². The van der Waals surface area contributed by atoms with Gasteiger partial charge in [0.15, 0.2) is 0 Å². The summed E-state index contributed by atoms with van der Waals surface area (Å²) in [5.74, 6) is 0.0746. The zero-order valence-electron chi connectivity index (χ0n) is 10.7. The lowest BCUT2D eigenvalue weighted by molar-refractivity contribution is -0.117. The minimum atomic E-state index is 0.0746. The summed E-state index contributed by atoms with van der Waals surface area (Å²) < 4.78 is 0. The Hall–Kier alpha value is -1.57. The van der Waals surface area contributed by atoms with Gasteiger partial charge in [-0.1, -0.05) is 29.8 Å². The fourth-order valence-corrected chi connectivity index (χ4v) is 1.71. The van der Waals surface area contributed by atoms with Gasteiger partial charge >= 0.3 is 0 Å². The van der Waals surface area contributed by atoms with E-state index >= 15 is 0 Å². The lowest BCUT2D eigenvalue weighted by Gasteiger charge is -2.09. The van der Waals surface area contributed by atoms with E-state index in [9.17, 15) is 4.79 Å². The van der Waals surface area contributed by atoms with Crippen molar-refractivity contribution in [2.45, 2.75) is 39.7 Å². The largest absolute Gasteiger partial charge is 0.350 e. The van der Waals surface area contributed by atoms with Crippen molar-refractivity contribution in [3.05, 3.63) is 41.0 Å². The summed E-state index contributed by atoms with van der Waals surface area (Å²) in [6, 6.07) is 8.70. The maximum Gasteiger partial charge on any atom is 0.247 e. The van der Waals surface area contributed by atoms with Gasteiger partial charge in [0.1, 0.15) is 0 Å². The number of benzene rings is 1. The summed E-state index contributed by atoms with van der Waals surface area (Å²) in [4.78, 5) is 11.9. The van der Waals surface area contributed by atoms with Crippen LogP contribution in [0.5, 0.6) is 0 Å². The van der Waals surface area contributed by atoms with E-state index in [1.54, 1.807) is 0 Å². The average Bonchev–Trinajstić information content (AvgIpc) is 3.12. The van der Waals surface area contributed by atoms with Crippen LogP contribution in [0.2, 0.25) is 0 Å². The van der Waals surface area contributed by atoms with Crippen LogP contribution in [0.15, 0.2) is 29.8 Å². The Kier molecular flexibility index (Phi) is 3.32. The third-order valence-electron chi connectivity index (χ3n) is 3.30. The number of nitrogens with one attached hydrogen (secondary N) is 1. The molecule has 2 nitrogen and oxygen atoms in total. The van der Waals surface area contributed by atoms with Crippen molar-refractivity contribution in [3.8, 4) is 0 Å². The lowest BCUT2D eigenvalue weighted by atomic mass is 10.0. The van der Waals surface area contributed by atoms with E-state index in [2.05, 4.69) is 36.5 Å². The monoisotopic (exact) mass is 229 g/mol. The van der Waals surface area contributed by atoms with Crippen LogP contribution in [0.3, 0.4) is 0 Å². The first-order valence-electron chi connectivity index (χ1n) is 6.13. The lowest BCUT2D eigenvalue weighted by Crippen LogP contribution is -2.26. The van der Waals surface area contributed by atoms with E-state index in [-0.39, 0.29) is 5.91 Å².